The minimum absolute atomic E-state index is 0.0250. The highest BCUT2D eigenvalue weighted by atomic mass is 16.5. The molecule has 1 aliphatic heterocycles. The van der Waals surface area contributed by atoms with Crippen molar-refractivity contribution in [1.82, 2.24) is 0 Å². The van der Waals surface area contributed by atoms with Crippen molar-refractivity contribution in [2.24, 2.45) is 23.7 Å². The smallest absolute Gasteiger partial charge is 0.0905 e. The van der Waals surface area contributed by atoms with Gasteiger partial charge in [-0.15, -0.1) is 12.3 Å². The van der Waals surface area contributed by atoms with Crippen LogP contribution in [-0.2, 0) is 4.74 Å². The quantitative estimate of drug-likeness (QED) is 0.606. The minimum Gasteiger partial charge on any atom is -0.396 e. The average molecular weight is 306 g/mol. The summed E-state index contributed by atoms with van der Waals surface area (Å²) in [6.45, 7) is 8.38. The van der Waals surface area contributed by atoms with Crippen LogP contribution in [0.1, 0.15) is 47.0 Å². The Labute approximate surface area is 134 Å². The predicted octanol–water partition coefficient (Wildman–Crippen LogP) is 2.77. The van der Waals surface area contributed by atoms with Gasteiger partial charge in [-0.05, 0) is 32.1 Å². The molecule has 0 aromatic heterocycles. The van der Waals surface area contributed by atoms with E-state index in [1.54, 1.807) is 6.92 Å². The topological polar surface area (TPSA) is 49.7 Å². The highest BCUT2D eigenvalue weighted by molar-refractivity contribution is 5.20. The van der Waals surface area contributed by atoms with Crippen LogP contribution >= 0.6 is 0 Å². The van der Waals surface area contributed by atoms with E-state index in [2.05, 4.69) is 32.8 Å². The van der Waals surface area contributed by atoms with Gasteiger partial charge in [-0.2, -0.15) is 0 Å². The number of ether oxygens (including phenoxy) is 1. The van der Waals surface area contributed by atoms with E-state index in [4.69, 9.17) is 11.2 Å². The summed E-state index contributed by atoms with van der Waals surface area (Å²) in [5, 5.41) is 20.2. The summed E-state index contributed by atoms with van der Waals surface area (Å²) in [4.78, 5) is 0. The lowest BCUT2D eigenvalue weighted by molar-refractivity contribution is -0.121. The van der Waals surface area contributed by atoms with E-state index in [0.29, 0.717) is 24.7 Å². The first-order valence-electron chi connectivity index (χ1n) is 8.42. The van der Waals surface area contributed by atoms with Crippen molar-refractivity contribution in [3.63, 3.8) is 0 Å². The third kappa shape index (κ3) is 3.11. The van der Waals surface area contributed by atoms with Crippen LogP contribution in [0.2, 0.25) is 0 Å². The summed E-state index contributed by atoms with van der Waals surface area (Å²) in [6.07, 6.45) is 9.50. The fourth-order valence-electron chi connectivity index (χ4n) is 4.44. The van der Waals surface area contributed by atoms with Gasteiger partial charge < -0.3 is 14.9 Å². The molecular weight excluding hydrogens is 276 g/mol. The molecule has 1 fully saturated rings. The molecule has 0 amide bonds. The standard InChI is InChI=1S/C19H30O3/c1-6-7-15-16-13(4)8-9-14(12(2)3)17(16)18(22-15)19(5,21)10-11-20/h1,8,12,14-18,20-21H,7,9-11H2,2-5H3/t14-,15-,16-,17-,18-,19-/m1/s1. The second-order valence-corrected chi connectivity index (χ2v) is 7.53. The van der Waals surface area contributed by atoms with E-state index in [9.17, 15) is 10.2 Å². The summed E-state index contributed by atoms with van der Waals surface area (Å²) in [5.41, 5.74) is 0.315. The molecule has 0 spiro atoms. The van der Waals surface area contributed by atoms with Gasteiger partial charge in [0.25, 0.3) is 0 Å². The molecule has 0 saturated carbocycles. The molecule has 6 atom stereocenters. The second kappa shape index (κ2) is 6.74. The lowest BCUT2D eigenvalue weighted by Gasteiger charge is -2.42. The zero-order chi connectivity index (χ0) is 16.5. The zero-order valence-corrected chi connectivity index (χ0v) is 14.2. The molecule has 0 aromatic carbocycles. The van der Waals surface area contributed by atoms with E-state index >= 15 is 0 Å². The van der Waals surface area contributed by atoms with E-state index < -0.39 is 5.60 Å². The molecule has 3 heteroatoms. The maximum absolute atomic E-state index is 10.9. The number of aliphatic hydroxyl groups is 2. The highest BCUT2D eigenvalue weighted by Gasteiger charge is 2.55. The Bertz CT molecular complexity index is 458. The fraction of sp³-hybridized carbons (Fsp3) is 0.789. The molecule has 0 bridgehead atoms. The Balaban J connectivity index is 2.39. The van der Waals surface area contributed by atoms with E-state index in [1.165, 1.54) is 5.57 Å². The Hall–Kier alpha value is -0.820. The third-order valence-corrected chi connectivity index (χ3v) is 5.62. The van der Waals surface area contributed by atoms with Crippen LogP contribution in [0.25, 0.3) is 0 Å². The van der Waals surface area contributed by atoms with Crippen molar-refractivity contribution in [2.45, 2.75) is 64.8 Å². The summed E-state index contributed by atoms with van der Waals surface area (Å²) in [7, 11) is 0. The number of aliphatic hydroxyl groups excluding tert-OH is 1. The fourth-order valence-corrected chi connectivity index (χ4v) is 4.44. The summed E-state index contributed by atoms with van der Waals surface area (Å²) in [5.74, 6) is 4.28. The van der Waals surface area contributed by atoms with Crippen molar-refractivity contribution in [1.29, 1.82) is 0 Å². The first-order valence-corrected chi connectivity index (χ1v) is 8.42. The third-order valence-electron chi connectivity index (χ3n) is 5.62. The van der Waals surface area contributed by atoms with Crippen molar-refractivity contribution in [3.8, 4) is 12.3 Å². The number of terminal acetylenes is 1. The first-order chi connectivity index (χ1) is 10.3. The summed E-state index contributed by atoms with van der Waals surface area (Å²) < 4.78 is 6.27. The van der Waals surface area contributed by atoms with Crippen molar-refractivity contribution in [3.05, 3.63) is 11.6 Å². The van der Waals surface area contributed by atoms with Gasteiger partial charge >= 0.3 is 0 Å². The van der Waals surface area contributed by atoms with Crippen molar-refractivity contribution >= 4 is 0 Å². The highest BCUT2D eigenvalue weighted by Crippen LogP contribution is 2.52. The largest absolute Gasteiger partial charge is 0.396 e. The lowest BCUT2D eigenvalue weighted by atomic mass is 9.63. The van der Waals surface area contributed by atoms with Crippen LogP contribution in [0.4, 0.5) is 0 Å². The predicted molar refractivity (Wildman–Crippen MR) is 88.1 cm³/mol. The maximum atomic E-state index is 10.9. The Kier molecular flexibility index (Phi) is 5.37. The Morgan fingerprint density at radius 2 is 2.18 bits per heavy atom. The molecule has 0 aromatic rings. The normalized spacial score (nSPS) is 37.4. The molecule has 3 nitrogen and oxygen atoms in total. The first kappa shape index (κ1) is 17.5. The van der Waals surface area contributed by atoms with Crippen LogP contribution in [0.15, 0.2) is 11.6 Å². The van der Waals surface area contributed by atoms with Gasteiger partial charge in [0, 0.05) is 31.3 Å². The molecule has 1 saturated heterocycles. The van der Waals surface area contributed by atoms with Gasteiger partial charge in [0.05, 0.1) is 17.8 Å². The van der Waals surface area contributed by atoms with Crippen LogP contribution in [0, 0.1) is 36.0 Å². The monoisotopic (exact) mass is 306 g/mol. The van der Waals surface area contributed by atoms with Gasteiger partial charge in [0.1, 0.15) is 0 Å². The van der Waals surface area contributed by atoms with E-state index in [0.717, 1.165) is 6.42 Å². The molecule has 2 aliphatic rings. The minimum atomic E-state index is -1.02. The number of rotatable bonds is 5. The molecule has 0 radical (unpaired) electrons. The van der Waals surface area contributed by atoms with Crippen LogP contribution in [0.3, 0.4) is 0 Å². The van der Waals surface area contributed by atoms with Gasteiger partial charge in [-0.3, -0.25) is 0 Å². The molecule has 2 N–H and O–H groups in total. The van der Waals surface area contributed by atoms with Crippen LogP contribution < -0.4 is 0 Å². The van der Waals surface area contributed by atoms with Gasteiger partial charge in [-0.1, -0.05) is 25.5 Å². The zero-order valence-electron chi connectivity index (χ0n) is 14.2. The van der Waals surface area contributed by atoms with Crippen LogP contribution in [-0.4, -0.2) is 34.6 Å². The molecule has 1 aliphatic carbocycles. The van der Waals surface area contributed by atoms with E-state index in [-0.39, 0.29) is 30.7 Å². The molecule has 22 heavy (non-hydrogen) atoms. The SMILES string of the molecule is C#CC[C@H]1O[C@@H]([C@](C)(O)CCO)[C@H]2[C@@H]1C(C)=CC[C@@H]2C(C)C. The van der Waals surface area contributed by atoms with Crippen molar-refractivity contribution in [2.75, 3.05) is 6.61 Å². The van der Waals surface area contributed by atoms with Gasteiger partial charge in [0.15, 0.2) is 0 Å². The maximum Gasteiger partial charge on any atom is 0.0905 e. The molecule has 2 rings (SSSR count). The summed E-state index contributed by atoms with van der Waals surface area (Å²) >= 11 is 0. The summed E-state index contributed by atoms with van der Waals surface area (Å²) in [6, 6.07) is 0. The number of hydrogen-bond acceptors (Lipinski definition) is 3. The number of fused-ring (bicyclic) bond motifs is 1. The van der Waals surface area contributed by atoms with Gasteiger partial charge in [0.2, 0.25) is 0 Å². The Morgan fingerprint density at radius 3 is 2.73 bits per heavy atom. The second-order valence-electron chi connectivity index (χ2n) is 7.53. The van der Waals surface area contributed by atoms with Gasteiger partial charge in [-0.25, -0.2) is 0 Å². The average Bonchev–Trinajstić information content (AvgIpc) is 2.80. The molecule has 0 unspecified atom stereocenters. The lowest BCUT2D eigenvalue weighted by Crippen LogP contribution is -2.48. The number of hydrogen-bond donors (Lipinski definition) is 2. The van der Waals surface area contributed by atoms with E-state index in [1.807, 2.05) is 0 Å². The molecule has 124 valence electrons. The molecular formula is C19H30O3. The van der Waals surface area contributed by atoms with Crippen molar-refractivity contribution < 1.29 is 14.9 Å². The Morgan fingerprint density at radius 1 is 1.50 bits per heavy atom. The number of allylic oxidation sites excluding steroid dienone is 1. The van der Waals surface area contributed by atoms with Crippen LogP contribution in [0.5, 0.6) is 0 Å². The molecule has 1 heterocycles.